The summed E-state index contributed by atoms with van der Waals surface area (Å²) in [6.45, 7) is 3.27. The Hall–Kier alpha value is -6.36. The predicted molar refractivity (Wildman–Crippen MR) is 224 cm³/mol. The van der Waals surface area contributed by atoms with E-state index in [4.69, 9.17) is 14.2 Å². The minimum atomic E-state index is -0.875. The first-order valence-corrected chi connectivity index (χ1v) is 18.8. The van der Waals surface area contributed by atoms with E-state index in [1.165, 1.54) is 59.5 Å². The smallest absolute Gasteiger partial charge is 0.178 e. The van der Waals surface area contributed by atoms with Crippen molar-refractivity contribution in [3.8, 4) is 11.5 Å². The summed E-state index contributed by atoms with van der Waals surface area (Å²) in [6.07, 6.45) is 4.61. The zero-order valence-electron chi connectivity index (χ0n) is 30.0. The third-order valence-corrected chi connectivity index (χ3v) is 11.8. The van der Waals surface area contributed by atoms with E-state index in [1.807, 2.05) is 0 Å². The van der Waals surface area contributed by atoms with E-state index >= 15 is 0 Å². The maximum atomic E-state index is 7.68. The van der Waals surface area contributed by atoms with Gasteiger partial charge in [-0.05, 0) is 96.3 Å². The summed E-state index contributed by atoms with van der Waals surface area (Å²) in [7, 11) is 1.74. The van der Waals surface area contributed by atoms with Crippen molar-refractivity contribution < 1.29 is 14.2 Å². The fraction of sp³-hybridized carbons (Fsp3) is 0.120. The molecule has 0 spiro atoms. The molecule has 4 heteroatoms. The second kappa shape index (κ2) is 12.1. The summed E-state index contributed by atoms with van der Waals surface area (Å²) in [6, 6.07) is 52.9. The molecule has 0 radical (unpaired) electrons. The van der Waals surface area contributed by atoms with Crippen molar-refractivity contribution in [3.05, 3.63) is 168 Å². The number of fused-ring (bicyclic) bond motifs is 10. The van der Waals surface area contributed by atoms with Gasteiger partial charge in [0.25, 0.3) is 0 Å². The molecular formula is C50H37NO3. The third kappa shape index (κ3) is 4.53. The van der Waals surface area contributed by atoms with Gasteiger partial charge in [-0.3, -0.25) is 0 Å². The highest BCUT2D eigenvalue weighted by Gasteiger charge is 2.39. The van der Waals surface area contributed by atoms with Gasteiger partial charge in [0.2, 0.25) is 0 Å². The lowest BCUT2D eigenvalue weighted by atomic mass is 9.81. The Kier molecular flexibility index (Phi) is 6.98. The monoisotopic (exact) mass is 699 g/mol. The normalized spacial score (nSPS) is 17.1. The van der Waals surface area contributed by atoms with Crippen LogP contribution in [0.15, 0.2) is 152 Å². The van der Waals surface area contributed by atoms with E-state index < -0.39 is 5.60 Å². The lowest BCUT2D eigenvalue weighted by Crippen LogP contribution is -2.36. The Bertz CT molecular complexity index is 2980. The van der Waals surface area contributed by atoms with Crippen LogP contribution in [0.4, 0.5) is 5.69 Å². The first-order chi connectivity index (χ1) is 26.7. The maximum absolute atomic E-state index is 7.68. The summed E-state index contributed by atoms with van der Waals surface area (Å²) >= 11 is 0. The van der Waals surface area contributed by atoms with Crippen LogP contribution in [0.25, 0.3) is 70.7 Å². The molecule has 0 aliphatic carbocycles. The molecule has 0 saturated carbocycles. The molecule has 1 fully saturated rings. The van der Waals surface area contributed by atoms with E-state index in [1.54, 1.807) is 7.11 Å². The van der Waals surface area contributed by atoms with Crippen molar-refractivity contribution in [1.29, 1.82) is 0 Å². The van der Waals surface area contributed by atoms with Gasteiger partial charge in [-0.2, -0.15) is 0 Å². The van der Waals surface area contributed by atoms with Crippen LogP contribution in [0, 0.1) is 0 Å². The fourth-order valence-corrected chi connectivity index (χ4v) is 9.24. The molecule has 1 atom stereocenters. The molecule has 0 bridgehead atoms. The van der Waals surface area contributed by atoms with Crippen LogP contribution in [0.3, 0.4) is 0 Å². The molecule has 9 aromatic carbocycles. The maximum Gasteiger partial charge on any atom is 0.178 e. The summed E-state index contributed by atoms with van der Waals surface area (Å²) in [5.41, 5.74) is 3.53. The van der Waals surface area contributed by atoms with Gasteiger partial charge < -0.3 is 19.1 Å². The Labute approximate surface area is 313 Å². The van der Waals surface area contributed by atoms with Crippen molar-refractivity contribution in [2.75, 3.05) is 38.3 Å². The number of nitrogens with zero attached hydrogens (tertiary/aromatic N) is 1. The number of ether oxygens (including phenoxy) is 3. The molecule has 1 saturated heterocycles. The van der Waals surface area contributed by atoms with E-state index in [9.17, 15) is 0 Å². The van der Waals surface area contributed by atoms with Crippen molar-refractivity contribution in [3.63, 3.8) is 0 Å². The molecule has 2 aliphatic rings. The highest BCUT2D eigenvalue weighted by atomic mass is 16.5. The second-order valence-corrected chi connectivity index (χ2v) is 14.5. The van der Waals surface area contributed by atoms with Gasteiger partial charge >= 0.3 is 0 Å². The zero-order chi connectivity index (χ0) is 35.8. The molecule has 0 aromatic heterocycles. The van der Waals surface area contributed by atoms with Crippen LogP contribution in [-0.4, -0.2) is 33.4 Å². The van der Waals surface area contributed by atoms with Gasteiger partial charge in [0, 0.05) is 46.2 Å². The Morgan fingerprint density at radius 3 is 1.93 bits per heavy atom. The zero-order valence-corrected chi connectivity index (χ0v) is 30.0. The summed E-state index contributed by atoms with van der Waals surface area (Å²) in [4.78, 5) is 2.39. The summed E-state index contributed by atoms with van der Waals surface area (Å²) in [5.74, 6) is 1.64. The third-order valence-electron chi connectivity index (χ3n) is 11.8. The Morgan fingerprint density at radius 2 is 1.17 bits per heavy atom. The van der Waals surface area contributed by atoms with E-state index in [0.717, 1.165) is 65.3 Å². The van der Waals surface area contributed by atoms with Crippen molar-refractivity contribution in [1.82, 2.24) is 0 Å². The summed E-state index contributed by atoms with van der Waals surface area (Å²) in [5, 5.41) is 14.4. The molecule has 9 aromatic rings. The number of morpholine rings is 1. The Balaban J connectivity index is 1.29. The number of hydrogen-bond acceptors (Lipinski definition) is 4. The van der Waals surface area contributed by atoms with Crippen LogP contribution < -0.4 is 14.4 Å². The standard InChI is InChI=1S/C50H37NO3/c1-52-37-23-24-41-44(31-37)49-43(25-26-50(54-49,34-11-3-2-4-12-34)35-19-21-36(22-20-35)51-27-29-53-30-28-51)48-42-16-8-10-33-18-17-32-9-7-15-39(45(32)46(33)42)38-13-5-6-14-40(38)47(41)48/h2-26,31H,27-30H2,1H3. The molecule has 2 heterocycles. The van der Waals surface area contributed by atoms with Crippen LogP contribution >= 0.6 is 0 Å². The van der Waals surface area contributed by atoms with Gasteiger partial charge in [-0.1, -0.05) is 115 Å². The number of methoxy groups -OCH3 is 1. The van der Waals surface area contributed by atoms with E-state index in [0.29, 0.717) is 0 Å². The summed E-state index contributed by atoms with van der Waals surface area (Å²) < 4.78 is 19.2. The van der Waals surface area contributed by atoms with Crippen LogP contribution in [0.5, 0.6) is 11.5 Å². The molecule has 0 amide bonds. The number of benzene rings is 8. The highest BCUT2D eigenvalue weighted by molar-refractivity contribution is 6.37. The second-order valence-electron chi connectivity index (χ2n) is 14.5. The molecule has 0 N–H and O–H groups in total. The van der Waals surface area contributed by atoms with Crippen LogP contribution in [-0.2, 0) is 10.3 Å². The van der Waals surface area contributed by atoms with Gasteiger partial charge in [0.15, 0.2) is 5.60 Å². The number of rotatable bonds is 4. The molecule has 1 unspecified atom stereocenters. The Morgan fingerprint density at radius 1 is 0.537 bits per heavy atom. The van der Waals surface area contributed by atoms with E-state index in [-0.39, 0.29) is 0 Å². The first-order valence-electron chi connectivity index (χ1n) is 18.8. The van der Waals surface area contributed by atoms with Crippen LogP contribution in [0.2, 0.25) is 0 Å². The predicted octanol–water partition coefficient (Wildman–Crippen LogP) is 11.8. The average molecular weight is 700 g/mol. The minimum absolute atomic E-state index is 0.747. The molecule has 4 nitrogen and oxygen atoms in total. The molecule has 260 valence electrons. The topological polar surface area (TPSA) is 30.9 Å². The number of hydrogen-bond donors (Lipinski definition) is 0. The van der Waals surface area contributed by atoms with Crippen LogP contribution in [0.1, 0.15) is 16.7 Å². The lowest BCUT2D eigenvalue weighted by Gasteiger charge is -2.37. The first kappa shape index (κ1) is 31.2. The molecule has 11 rings (SSSR count). The number of anilines is 1. The van der Waals surface area contributed by atoms with E-state index in [2.05, 4.69) is 163 Å². The van der Waals surface area contributed by atoms with Crippen molar-refractivity contribution in [2.45, 2.75) is 5.60 Å². The largest absolute Gasteiger partial charge is 0.497 e. The van der Waals surface area contributed by atoms with Gasteiger partial charge in [-0.25, -0.2) is 0 Å². The SMILES string of the molecule is COc1ccc2c(c1)c1c(c3c4cccc5ccc6cccc(c7ccccc7c23)c6c54)C=CC(c2ccccc2)(c2ccc(N3CCOCC3)cc2)O1. The minimum Gasteiger partial charge on any atom is -0.497 e. The molecule has 2 aliphatic heterocycles. The van der Waals surface area contributed by atoms with Gasteiger partial charge in [0.05, 0.1) is 20.3 Å². The highest BCUT2D eigenvalue weighted by Crippen LogP contribution is 2.52. The van der Waals surface area contributed by atoms with Crippen molar-refractivity contribution in [2.24, 2.45) is 0 Å². The van der Waals surface area contributed by atoms with Crippen molar-refractivity contribution >= 4 is 76.4 Å². The fourth-order valence-electron chi connectivity index (χ4n) is 9.24. The van der Waals surface area contributed by atoms with Gasteiger partial charge in [-0.15, -0.1) is 0 Å². The lowest BCUT2D eigenvalue weighted by molar-refractivity contribution is 0.122. The molecular weight excluding hydrogens is 663 g/mol. The van der Waals surface area contributed by atoms with Gasteiger partial charge in [0.1, 0.15) is 11.5 Å². The molecule has 54 heavy (non-hydrogen) atoms. The average Bonchev–Trinajstić information content (AvgIpc) is 3.25. The quantitative estimate of drug-likeness (QED) is 0.171.